The van der Waals surface area contributed by atoms with Gasteiger partial charge < -0.3 is 4.42 Å². The van der Waals surface area contributed by atoms with Gasteiger partial charge in [-0.05, 0) is 47.5 Å². The normalized spacial score (nSPS) is 10.6. The Labute approximate surface area is 202 Å². The Morgan fingerprint density at radius 3 is 1.82 bits per heavy atom. The lowest BCUT2D eigenvalue weighted by molar-refractivity contribution is 0.620. The number of hydrogen-bond donors (Lipinski definition) is 0. The molecule has 0 fully saturated rings. The van der Waals surface area contributed by atoms with E-state index in [0.717, 1.165) is 43.9 Å². The number of fused-ring (bicyclic) bond motifs is 2. The lowest BCUT2D eigenvalue weighted by atomic mass is 10.1. The van der Waals surface area contributed by atoms with Gasteiger partial charge in [0.05, 0.1) is 10.2 Å². The topological polar surface area (TPSA) is 38.9 Å². The van der Waals surface area contributed by atoms with Gasteiger partial charge in [0, 0.05) is 11.1 Å². The monoisotopic (exact) mass is 458 g/mol. The summed E-state index contributed by atoms with van der Waals surface area (Å²) in [5, 5.41) is 1.07. The molecule has 0 aliphatic rings. The molecule has 3 nitrogen and oxygen atoms in total. The second-order valence-electron chi connectivity index (χ2n) is 7.63. The Hall–Kier alpha value is -4.28. The minimum Gasteiger partial charge on any atom is -0.436 e. The van der Waals surface area contributed by atoms with E-state index in [1.165, 1.54) is 4.70 Å². The molecule has 0 aliphatic carbocycles. The zero-order valence-corrected chi connectivity index (χ0v) is 19.3. The van der Waals surface area contributed by atoms with Crippen molar-refractivity contribution in [3.63, 3.8) is 0 Å². The van der Waals surface area contributed by atoms with Crippen LogP contribution in [0.3, 0.4) is 0 Å². The maximum Gasteiger partial charge on any atom is 0.227 e. The Kier molecular flexibility index (Phi) is 6.15. The lowest BCUT2D eigenvalue weighted by Gasteiger charge is -1.96. The highest BCUT2D eigenvalue weighted by Crippen LogP contribution is 2.30. The van der Waals surface area contributed by atoms with Crippen molar-refractivity contribution in [2.24, 2.45) is 0 Å². The average molecular weight is 459 g/mol. The predicted octanol–water partition coefficient (Wildman–Crippen LogP) is 8.74. The van der Waals surface area contributed by atoms with Crippen LogP contribution in [-0.2, 0) is 0 Å². The maximum atomic E-state index is 5.69. The van der Waals surface area contributed by atoms with E-state index < -0.39 is 0 Å². The third-order valence-electron chi connectivity index (χ3n) is 5.37. The molecule has 6 rings (SSSR count). The van der Waals surface area contributed by atoms with Gasteiger partial charge in [-0.2, -0.15) is 0 Å². The number of para-hydroxylation sites is 3. The molecule has 0 amide bonds. The van der Waals surface area contributed by atoms with E-state index in [0.29, 0.717) is 5.89 Å². The molecule has 2 aromatic heterocycles. The number of benzene rings is 4. The van der Waals surface area contributed by atoms with Crippen molar-refractivity contribution in [2.75, 3.05) is 0 Å². The first-order valence-corrected chi connectivity index (χ1v) is 11.7. The molecule has 4 aromatic carbocycles. The number of nitrogens with zero attached hydrogens (tertiary/aromatic N) is 2. The lowest BCUT2D eigenvalue weighted by Crippen LogP contribution is -1.77. The Morgan fingerprint density at radius 1 is 0.618 bits per heavy atom. The van der Waals surface area contributed by atoms with Crippen LogP contribution in [0, 0.1) is 0 Å². The van der Waals surface area contributed by atoms with Gasteiger partial charge in [0.1, 0.15) is 10.5 Å². The molecule has 0 aliphatic heterocycles. The second-order valence-corrected chi connectivity index (χ2v) is 8.66. The first-order chi connectivity index (χ1) is 16.7. The van der Waals surface area contributed by atoms with Crippen molar-refractivity contribution >= 4 is 44.8 Å². The highest BCUT2D eigenvalue weighted by Gasteiger charge is 2.07. The molecule has 4 heteroatoms. The smallest absolute Gasteiger partial charge is 0.227 e. The highest BCUT2D eigenvalue weighted by molar-refractivity contribution is 7.21. The van der Waals surface area contributed by atoms with Crippen LogP contribution >= 0.6 is 11.3 Å². The molecule has 0 radical (unpaired) electrons. The van der Waals surface area contributed by atoms with Crippen LogP contribution in [-0.4, -0.2) is 9.97 Å². The minimum atomic E-state index is 0.654. The van der Waals surface area contributed by atoms with Crippen LogP contribution in [0.2, 0.25) is 0 Å². The van der Waals surface area contributed by atoms with Crippen LogP contribution in [0.4, 0.5) is 0 Å². The van der Waals surface area contributed by atoms with Crippen molar-refractivity contribution in [1.82, 2.24) is 9.97 Å². The van der Waals surface area contributed by atoms with Crippen molar-refractivity contribution in [3.8, 4) is 22.0 Å². The fourth-order valence-electron chi connectivity index (χ4n) is 3.51. The number of hydrogen-bond acceptors (Lipinski definition) is 4. The summed E-state index contributed by atoms with van der Waals surface area (Å²) in [6.07, 6.45) is 3.66. The Morgan fingerprint density at radius 2 is 1.21 bits per heavy atom. The van der Waals surface area contributed by atoms with Gasteiger partial charge in [-0.1, -0.05) is 86.0 Å². The largest absolute Gasteiger partial charge is 0.436 e. The highest BCUT2D eigenvalue weighted by atomic mass is 32.1. The van der Waals surface area contributed by atoms with E-state index in [1.54, 1.807) is 11.3 Å². The molecule has 0 N–H and O–H groups in total. The third-order valence-corrected chi connectivity index (χ3v) is 6.46. The molecule has 2 heterocycles. The van der Waals surface area contributed by atoms with Gasteiger partial charge >= 0.3 is 0 Å². The van der Waals surface area contributed by atoms with E-state index >= 15 is 0 Å². The second kappa shape index (κ2) is 9.69. The molecule has 34 heavy (non-hydrogen) atoms. The summed E-state index contributed by atoms with van der Waals surface area (Å²) in [5.74, 6) is 0.654. The van der Waals surface area contributed by atoms with E-state index in [-0.39, 0.29) is 0 Å². The SMILES string of the molecule is C=Cc1ccc(-c2nc3ccccc3o2)cc1.C=Cc1ccc(-c2nc3ccccc3s2)cc1. The molecule has 0 spiro atoms. The molecular weight excluding hydrogens is 436 g/mol. The molecule has 6 aromatic rings. The summed E-state index contributed by atoms with van der Waals surface area (Å²) in [6.45, 7) is 7.48. The number of rotatable bonds is 4. The maximum absolute atomic E-state index is 5.69. The van der Waals surface area contributed by atoms with Crippen LogP contribution in [0.1, 0.15) is 11.1 Å². The fourth-order valence-corrected chi connectivity index (χ4v) is 4.49. The Bertz CT molecular complexity index is 1390. The van der Waals surface area contributed by atoms with Gasteiger partial charge in [-0.3, -0.25) is 0 Å². The molecule has 0 saturated heterocycles. The zero-order valence-electron chi connectivity index (χ0n) is 18.5. The van der Waals surface area contributed by atoms with Crippen molar-refractivity contribution in [1.29, 1.82) is 0 Å². The van der Waals surface area contributed by atoms with Crippen LogP contribution in [0.15, 0.2) is 115 Å². The van der Waals surface area contributed by atoms with Gasteiger partial charge in [0.2, 0.25) is 5.89 Å². The Balaban J connectivity index is 0.000000142. The molecule has 164 valence electrons. The number of thiazole rings is 1. The number of oxazole rings is 1. The first-order valence-electron chi connectivity index (χ1n) is 10.9. The van der Waals surface area contributed by atoms with Crippen molar-refractivity contribution < 1.29 is 4.42 Å². The molecular formula is C30H22N2OS. The van der Waals surface area contributed by atoms with Crippen molar-refractivity contribution in [2.45, 2.75) is 0 Å². The summed E-state index contributed by atoms with van der Waals surface area (Å²) in [7, 11) is 0. The minimum absolute atomic E-state index is 0.654. The van der Waals surface area contributed by atoms with Gasteiger partial charge in [-0.25, -0.2) is 9.97 Å². The summed E-state index contributed by atoms with van der Waals surface area (Å²) < 4.78 is 6.92. The molecule has 0 atom stereocenters. The molecule has 0 unspecified atom stereocenters. The quantitative estimate of drug-likeness (QED) is 0.265. The van der Waals surface area contributed by atoms with E-state index in [4.69, 9.17) is 4.42 Å². The van der Waals surface area contributed by atoms with Crippen molar-refractivity contribution in [3.05, 3.63) is 121 Å². The number of aromatic nitrogens is 2. The zero-order chi connectivity index (χ0) is 23.3. The van der Waals surface area contributed by atoms with Crippen LogP contribution in [0.25, 0.3) is 55.5 Å². The summed E-state index contributed by atoms with van der Waals surface area (Å²) in [5.41, 5.74) is 7.13. The van der Waals surface area contributed by atoms with E-state index in [1.807, 2.05) is 78.9 Å². The first kappa shape index (κ1) is 21.6. The van der Waals surface area contributed by atoms with E-state index in [2.05, 4.69) is 53.5 Å². The van der Waals surface area contributed by atoms with Crippen LogP contribution < -0.4 is 0 Å². The predicted molar refractivity (Wildman–Crippen MR) is 145 cm³/mol. The molecule has 0 saturated carbocycles. The summed E-state index contributed by atoms with van der Waals surface area (Å²) >= 11 is 1.73. The van der Waals surface area contributed by atoms with Gasteiger partial charge in [0.15, 0.2) is 5.58 Å². The molecule has 0 bridgehead atoms. The average Bonchev–Trinajstić information content (AvgIpc) is 3.54. The standard InChI is InChI=1S/C15H11NO.C15H11NS/c2*1-2-11-7-9-12(10-8-11)15-16-13-5-3-4-6-14(13)17-15/h2*2-10H,1H2. The van der Waals surface area contributed by atoms with Gasteiger partial charge in [0.25, 0.3) is 0 Å². The van der Waals surface area contributed by atoms with Gasteiger partial charge in [-0.15, -0.1) is 11.3 Å². The van der Waals surface area contributed by atoms with E-state index in [9.17, 15) is 0 Å². The van der Waals surface area contributed by atoms with Crippen LogP contribution in [0.5, 0.6) is 0 Å². The third kappa shape index (κ3) is 4.58. The fraction of sp³-hybridized carbons (Fsp3) is 0. The summed E-state index contributed by atoms with van der Waals surface area (Å²) in [6, 6.07) is 32.3. The summed E-state index contributed by atoms with van der Waals surface area (Å²) in [4.78, 5) is 9.08.